The minimum atomic E-state index is -2.56. The Morgan fingerprint density at radius 2 is 2.12 bits per heavy atom. The molecule has 1 fully saturated rings. The lowest BCUT2D eigenvalue weighted by molar-refractivity contribution is -0.00285. The van der Waals surface area contributed by atoms with Gasteiger partial charge in [-0.25, -0.2) is 8.78 Å². The zero-order valence-electron chi connectivity index (χ0n) is 10.00. The SMILES string of the molecule is CC(F)(F)CC1CCC(c2cccc(O)c2)C1. The summed E-state index contributed by atoms with van der Waals surface area (Å²) in [6.07, 6.45) is 2.61. The zero-order valence-corrected chi connectivity index (χ0v) is 10.00. The monoisotopic (exact) mass is 240 g/mol. The molecular weight excluding hydrogens is 222 g/mol. The second kappa shape index (κ2) is 4.63. The molecule has 0 saturated heterocycles. The number of phenols is 1. The van der Waals surface area contributed by atoms with Crippen LogP contribution in [-0.2, 0) is 0 Å². The summed E-state index contributed by atoms with van der Waals surface area (Å²) < 4.78 is 25.9. The Kier molecular flexibility index (Phi) is 3.36. The molecule has 2 rings (SSSR count). The zero-order chi connectivity index (χ0) is 12.5. The predicted octanol–water partition coefficient (Wildman–Crippen LogP) is 4.32. The van der Waals surface area contributed by atoms with Gasteiger partial charge in [0.25, 0.3) is 0 Å². The summed E-state index contributed by atoms with van der Waals surface area (Å²) in [5.74, 6) is -1.86. The van der Waals surface area contributed by atoms with Crippen molar-refractivity contribution in [1.82, 2.24) is 0 Å². The Morgan fingerprint density at radius 3 is 2.76 bits per heavy atom. The van der Waals surface area contributed by atoms with E-state index in [1.165, 1.54) is 0 Å². The molecule has 0 spiro atoms. The first-order valence-corrected chi connectivity index (χ1v) is 6.11. The van der Waals surface area contributed by atoms with Gasteiger partial charge < -0.3 is 5.11 Å². The van der Waals surface area contributed by atoms with E-state index >= 15 is 0 Å². The molecule has 2 unspecified atom stereocenters. The van der Waals surface area contributed by atoms with Gasteiger partial charge in [-0.1, -0.05) is 12.1 Å². The van der Waals surface area contributed by atoms with Crippen LogP contribution in [0.4, 0.5) is 8.78 Å². The van der Waals surface area contributed by atoms with Crippen molar-refractivity contribution in [3.8, 4) is 5.75 Å². The van der Waals surface area contributed by atoms with E-state index in [0.29, 0.717) is 5.92 Å². The van der Waals surface area contributed by atoms with E-state index in [1.54, 1.807) is 12.1 Å². The third-order valence-corrected chi connectivity index (χ3v) is 3.53. The Bertz CT molecular complexity index is 384. The fraction of sp³-hybridized carbons (Fsp3) is 0.571. The van der Waals surface area contributed by atoms with Gasteiger partial charge >= 0.3 is 0 Å². The van der Waals surface area contributed by atoms with Gasteiger partial charge in [0, 0.05) is 6.42 Å². The average molecular weight is 240 g/mol. The Hall–Kier alpha value is -1.12. The first-order valence-electron chi connectivity index (χ1n) is 6.11. The number of aromatic hydroxyl groups is 1. The van der Waals surface area contributed by atoms with Gasteiger partial charge in [0.15, 0.2) is 0 Å². The van der Waals surface area contributed by atoms with E-state index in [1.807, 2.05) is 12.1 Å². The van der Waals surface area contributed by atoms with Gasteiger partial charge in [0.1, 0.15) is 5.75 Å². The van der Waals surface area contributed by atoms with E-state index in [2.05, 4.69) is 0 Å². The molecule has 0 aromatic heterocycles. The maximum Gasteiger partial charge on any atom is 0.245 e. The van der Waals surface area contributed by atoms with Crippen LogP contribution in [0.15, 0.2) is 24.3 Å². The van der Waals surface area contributed by atoms with Crippen LogP contribution in [0.5, 0.6) is 5.75 Å². The molecule has 17 heavy (non-hydrogen) atoms. The summed E-state index contributed by atoms with van der Waals surface area (Å²) in [6.45, 7) is 0.995. The number of hydrogen-bond acceptors (Lipinski definition) is 1. The summed E-state index contributed by atoms with van der Waals surface area (Å²) in [7, 11) is 0. The van der Waals surface area contributed by atoms with Crippen LogP contribution in [-0.4, -0.2) is 11.0 Å². The lowest BCUT2D eigenvalue weighted by Gasteiger charge is -2.16. The van der Waals surface area contributed by atoms with Gasteiger partial charge in [0.2, 0.25) is 5.92 Å². The van der Waals surface area contributed by atoms with Gasteiger partial charge in [-0.05, 0) is 55.7 Å². The second-order valence-electron chi connectivity index (χ2n) is 5.25. The third-order valence-electron chi connectivity index (χ3n) is 3.53. The molecule has 1 aromatic rings. The minimum absolute atomic E-state index is 0.0116. The number of phenolic OH excluding ortho intramolecular Hbond substituents is 1. The number of rotatable bonds is 3. The van der Waals surface area contributed by atoms with Crippen molar-refractivity contribution < 1.29 is 13.9 Å². The molecule has 1 nitrogen and oxygen atoms in total. The van der Waals surface area contributed by atoms with Gasteiger partial charge in [-0.15, -0.1) is 0 Å². The van der Waals surface area contributed by atoms with E-state index in [9.17, 15) is 13.9 Å². The fourth-order valence-corrected chi connectivity index (χ4v) is 2.85. The fourth-order valence-electron chi connectivity index (χ4n) is 2.85. The van der Waals surface area contributed by atoms with E-state index in [-0.39, 0.29) is 18.1 Å². The molecule has 94 valence electrons. The Balaban J connectivity index is 1.98. The predicted molar refractivity (Wildman–Crippen MR) is 63.4 cm³/mol. The van der Waals surface area contributed by atoms with E-state index < -0.39 is 5.92 Å². The molecule has 0 radical (unpaired) electrons. The molecule has 0 amide bonds. The highest BCUT2D eigenvalue weighted by Crippen LogP contribution is 2.42. The molecule has 1 saturated carbocycles. The van der Waals surface area contributed by atoms with Crippen LogP contribution >= 0.6 is 0 Å². The average Bonchev–Trinajstić information content (AvgIpc) is 2.63. The molecule has 1 aliphatic rings. The summed E-state index contributed by atoms with van der Waals surface area (Å²) in [6, 6.07) is 7.16. The van der Waals surface area contributed by atoms with Gasteiger partial charge in [-0.2, -0.15) is 0 Å². The second-order valence-corrected chi connectivity index (χ2v) is 5.25. The van der Waals surface area contributed by atoms with E-state index in [4.69, 9.17) is 0 Å². The van der Waals surface area contributed by atoms with Gasteiger partial charge in [-0.3, -0.25) is 0 Å². The van der Waals surface area contributed by atoms with Crippen molar-refractivity contribution in [3.63, 3.8) is 0 Å². The molecule has 1 aromatic carbocycles. The van der Waals surface area contributed by atoms with Crippen LogP contribution in [0.2, 0.25) is 0 Å². The summed E-state index contributed by atoms with van der Waals surface area (Å²) >= 11 is 0. The van der Waals surface area contributed by atoms with Crippen LogP contribution in [0.25, 0.3) is 0 Å². The maximum atomic E-state index is 12.9. The maximum absolute atomic E-state index is 12.9. The number of benzene rings is 1. The van der Waals surface area contributed by atoms with Crippen LogP contribution < -0.4 is 0 Å². The number of halogens is 2. The molecule has 2 atom stereocenters. The van der Waals surface area contributed by atoms with Crippen LogP contribution in [0, 0.1) is 5.92 Å². The number of alkyl halides is 2. The third kappa shape index (κ3) is 3.42. The normalized spacial score (nSPS) is 25.1. The highest BCUT2D eigenvalue weighted by atomic mass is 19.3. The van der Waals surface area contributed by atoms with Crippen LogP contribution in [0.1, 0.15) is 44.1 Å². The van der Waals surface area contributed by atoms with Crippen LogP contribution in [0.3, 0.4) is 0 Å². The molecule has 0 aliphatic heterocycles. The van der Waals surface area contributed by atoms with Gasteiger partial charge in [0.05, 0.1) is 0 Å². The van der Waals surface area contributed by atoms with Crippen molar-refractivity contribution in [3.05, 3.63) is 29.8 Å². The smallest absolute Gasteiger partial charge is 0.245 e. The summed E-state index contributed by atoms with van der Waals surface area (Å²) in [5, 5.41) is 9.41. The van der Waals surface area contributed by atoms with Crippen molar-refractivity contribution in [2.45, 2.75) is 44.4 Å². The molecule has 0 bridgehead atoms. The minimum Gasteiger partial charge on any atom is -0.508 e. The van der Waals surface area contributed by atoms with Crippen molar-refractivity contribution in [2.75, 3.05) is 0 Å². The lowest BCUT2D eigenvalue weighted by Crippen LogP contribution is -2.14. The molecule has 1 aliphatic carbocycles. The van der Waals surface area contributed by atoms with Crippen molar-refractivity contribution in [1.29, 1.82) is 0 Å². The topological polar surface area (TPSA) is 20.2 Å². The largest absolute Gasteiger partial charge is 0.508 e. The summed E-state index contributed by atoms with van der Waals surface area (Å²) in [4.78, 5) is 0. The molecule has 0 heterocycles. The highest BCUT2D eigenvalue weighted by Gasteiger charge is 2.32. The highest BCUT2D eigenvalue weighted by molar-refractivity contribution is 5.30. The van der Waals surface area contributed by atoms with Crippen molar-refractivity contribution in [2.24, 2.45) is 5.92 Å². The number of hydrogen-bond donors (Lipinski definition) is 1. The summed E-state index contributed by atoms with van der Waals surface area (Å²) in [5.41, 5.74) is 1.08. The first kappa shape index (κ1) is 12.3. The molecular formula is C14H18F2O. The van der Waals surface area contributed by atoms with Crippen molar-refractivity contribution >= 4 is 0 Å². The Morgan fingerprint density at radius 1 is 1.35 bits per heavy atom. The van der Waals surface area contributed by atoms with E-state index in [0.717, 1.165) is 31.7 Å². The molecule has 1 N–H and O–H groups in total. The lowest BCUT2D eigenvalue weighted by atomic mass is 9.94. The quantitative estimate of drug-likeness (QED) is 0.834. The first-order chi connectivity index (χ1) is 7.94. The Labute approximate surface area is 100 Å². The standard InChI is InChI=1S/C14H18F2O/c1-14(15,16)9-10-5-6-12(7-10)11-3-2-4-13(17)8-11/h2-4,8,10,12,17H,5-7,9H2,1H3. The molecule has 3 heteroatoms.